The number of aryl methyl sites for hydroxylation is 1. The van der Waals surface area contributed by atoms with Gasteiger partial charge in [0, 0.05) is 5.56 Å². The fourth-order valence-corrected chi connectivity index (χ4v) is 4.61. The minimum Gasteiger partial charge on any atom is -0.294 e. The van der Waals surface area contributed by atoms with Gasteiger partial charge in [-0.05, 0) is 24.1 Å². The highest BCUT2D eigenvalue weighted by atomic mass is 32.2. The quantitative estimate of drug-likeness (QED) is 0.581. The molecule has 0 radical (unpaired) electrons. The van der Waals surface area contributed by atoms with Crippen LogP contribution < -0.4 is 0 Å². The zero-order chi connectivity index (χ0) is 18.6. The number of rotatable bonds is 7. The summed E-state index contributed by atoms with van der Waals surface area (Å²) >= 11 is 1.44. The van der Waals surface area contributed by atoms with E-state index in [0.717, 1.165) is 11.4 Å². The van der Waals surface area contributed by atoms with E-state index in [2.05, 4.69) is 10.2 Å². The molecule has 1 aromatic heterocycles. The molecule has 5 nitrogen and oxygen atoms in total. The van der Waals surface area contributed by atoms with Crippen LogP contribution in [0.25, 0.3) is 0 Å². The smallest absolute Gasteiger partial charge is 0.182 e. The normalized spacial score (nSPS) is 11.4. The lowest BCUT2D eigenvalue weighted by atomic mass is 10.1. The minimum atomic E-state index is -3.40. The van der Waals surface area contributed by atoms with Crippen molar-refractivity contribution in [3.63, 3.8) is 0 Å². The van der Waals surface area contributed by atoms with Crippen molar-refractivity contribution in [1.82, 2.24) is 10.2 Å². The summed E-state index contributed by atoms with van der Waals surface area (Å²) in [5.41, 5.74) is 1.19. The van der Waals surface area contributed by atoms with Crippen molar-refractivity contribution in [3.05, 3.63) is 75.7 Å². The Morgan fingerprint density at radius 1 is 0.962 bits per heavy atom. The molecule has 0 saturated heterocycles. The zero-order valence-electron chi connectivity index (χ0n) is 14.3. The molecule has 0 bridgehead atoms. The Kier molecular flexibility index (Phi) is 5.58. The number of sulfone groups is 1. The summed E-state index contributed by atoms with van der Waals surface area (Å²) in [6.07, 6.45) is 1.01. The number of nitrogens with zero attached hydrogens (tertiary/aromatic N) is 2. The molecular formula is C19H18N2O3S2. The summed E-state index contributed by atoms with van der Waals surface area (Å²) in [4.78, 5) is 12.6. The van der Waals surface area contributed by atoms with E-state index < -0.39 is 9.84 Å². The van der Waals surface area contributed by atoms with Crippen LogP contribution in [0.3, 0.4) is 0 Å². The highest BCUT2D eigenvalue weighted by Gasteiger charge is 2.16. The van der Waals surface area contributed by atoms with E-state index in [4.69, 9.17) is 0 Å². The second-order valence-electron chi connectivity index (χ2n) is 5.81. The van der Waals surface area contributed by atoms with Gasteiger partial charge >= 0.3 is 0 Å². The number of ketones is 1. The van der Waals surface area contributed by atoms with Crippen LogP contribution in [-0.4, -0.2) is 24.4 Å². The Hall–Kier alpha value is -2.38. The van der Waals surface area contributed by atoms with E-state index in [1.165, 1.54) is 11.3 Å². The van der Waals surface area contributed by atoms with Crippen LogP contribution in [0.2, 0.25) is 0 Å². The second kappa shape index (κ2) is 7.88. The molecule has 3 aromatic rings. The molecule has 7 heteroatoms. The second-order valence-corrected chi connectivity index (χ2v) is 8.95. The predicted molar refractivity (Wildman–Crippen MR) is 101 cm³/mol. The molecular weight excluding hydrogens is 368 g/mol. The Balaban J connectivity index is 1.69. The van der Waals surface area contributed by atoms with Crippen LogP contribution in [-0.2, 0) is 28.4 Å². The van der Waals surface area contributed by atoms with Crippen molar-refractivity contribution in [2.75, 3.05) is 0 Å². The topological polar surface area (TPSA) is 77.0 Å². The zero-order valence-corrected chi connectivity index (χ0v) is 15.9. The molecule has 0 atom stereocenters. The van der Waals surface area contributed by atoms with Gasteiger partial charge in [-0.1, -0.05) is 49.4 Å². The lowest BCUT2D eigenvalue weighted by Crippen LogP contribution is -2.06. The molecule has 134 valence electrons. The van der Waals surface area contributed by atoms with Crippen LogP contribution >= 0.6 is 11.3 Å². The molecule has 2 aromatic carbocycles. The molecule has 0 aliphatic carbocycles. The molecule has 0 N–H and O–H groups in total. The lowest BCUT2D eigenvalue weighted by molar-refractivity contribution is 0.0992. The molecule has 0 aliphatic heterocycles. The highest BCUT2D eigenvalue weighted by Crippen LogP contribution is 2.18. The third-order valence-corrected chi connectivity index (χ3v) is 6.63. The van der Waals surface area contributed by atoms with Gasteiger partial charge in [0.15, 0.2) is 15.6 Å². The van der Waals surface area contributed by atoms with E-state index in [-0.39, 0.29) is 18.0 Å². The van der Waals surface area contributed by atoms with Crippen molar-refractivity contribution >= 4 is 27.0 Å². The third-order valence-electron chi connectivity index (χ3n) is 3.86. The minimum absolute atomic E-state index is 0.0544. The molecule has 0 spiro atoms. The van der Waals surface area contributed by atoms with Gasteiger partial charge in [-0.25, -0.2) is 8.42 Å². The number of hydrogen-bond donors (Lipinski definition) is 0. The van der Waals surface area contributed by atoms with Gasteiger partial charge in [0.05, 0.1) is 17.1 Å². The van der Waals surface area contributed by atoms with E-state index in [9.17, 15) is 13.2 Å². The van der Waals surface area contributed by atoms with Gasteiger partial charge < -0.3 is 0 Å². The van der Waals surface area contributed by atoms with Gasteiger partial charge in [0.2, 0.25) is 0 Å². The summed E-state index contributed by atoms with van der Waals surface area (Å²) in [7, 11) is -3.40. The molecule has 26 heavy (non-hydrogen) atoms. The van der Waals surface area contributed by atoms with Crippen LogP contribution in [0.4, 0.5) is 0 Å². The first-order chi connectivity index (χ1) is 12.5. The summed E-state index contributed by atoms with van der Waals surface area (Å²) in [6, 6.07) is 15.1. The summed E-state index contributed by atoms with van der Waals surface area (Å²) in [5, 5.41) is 9.64. The first-order valence-corrected chi connectivity index (χ1v) is 10.7. The number of benzene rings is 2. The summed E-state index contributed by atoms with van der Waals surface area (Å²) in [5.74, 6) is -0.150. The van der Waals surface area contributed by atoms with E-state index >= 15 is 0 Å². The average Bonchev–Trinajstić information content (AvgIpc) is 3.10. The van der Waals surface area contributed by atoms with E-state index in [1.807, 2.05) is 6.92 Å². The first kappa shape index (κ1) is 18.4. The maximum atomic E-state index is 12.4. The summed E-state index contributed by atoms with van der Waals surface area (Å²) in [6.45, 7) is 1.99. The fourth-order valence-electron chi connectivity index (χ4n) is 2.46. The standard InChI is InChI=1S/C19H18N2O3S2/c1-2-18-20-21-19(25-18)12-17(22)15-10-8-14(9-11-15)13-26(23,24)16-6-4-3-5-7-16/h3-11H,2,12-13H2,1H3. The maximum absolute atomic E-state index is 12.4. The van der Waals surface area contributed by atoms with Gasteiger partial charge in [-0.2, -0.15) is 0 Å². The SMILES string of the molecule is CCc1nnc(CC(=O)c2ccc(CS(=O)(=O)c3ccccc3)cc2)s1. The average molecular weight is 386 g/mol. The summed E-state index contributed by atoms with van der Waals surface area (Å²) < 4.78 is 24.8. The predicted octanol–water partition coefficient (Wildman–Crippen LogP) is 3.50. The van der Waals surface area contributed by atoms with Crippen molar-refractivity contribution in [2.45, 2.75) is 30.4 Å². The number of Topliss-reactive ketones (excluding diaryl/α,β-unsaturated/α-hetero) is 1. The first-order valence-electron chi connectivity index (χ1n) is 8.19. The highest BCUT2D eigenvalue weighted by molar-refractivity contribution is 7.90. The fraction of sp³-hybridized carbons (Fsp3) is 0.211. The van der Waals surface area contributed by atoms with Crippen molar-refractivity contribution in [2.24, 2.45) is 0 Å². The Morgan fingerprint density at radius 3 is 2.23 bits per heavy atom. The molecule has 0 amide bonds. The maximum Gasteiger partial charge on any atom is 0.182 e. The van der Waals surface area contributed by atoms with Crippen LogP contribution in [0.5, 0.6) is 0 Å². The Labute approximate surface area is 156 Å². The van der Waals surface area contributed by atoms with Gasteiger partial charge in [0.25, 0.3) is 0 Å². The van der Waals surface area contributed by atoms with Crippen LogP contribution in [0.1, 0.15) is 32.9 Å². The number of hydrogen-bond acceptors (Lipinski definition) is 6. The largest absolute Gasteiger partial charge is 0.294 e. The Bertz CT molecular complexity index is 995. The van der Waals surface area contributed by atoms with Gasteiger partial charge in [-0.3, -0.25) is 4.79 Å². The molecule has 1 heterocycles. The van der Waals surface area contributed by atoms with Crippen molar-refractivity contribution in [3.8, 4) is 0 Å². The van der Waals surface area contributed by atoms with Crippen molar-refractivity contribution < 1.29 is 13.2 Å². The van der Waals surface area contributed by atoms with Crippen LogP contribution in [0.15, 0.2) is 59.5 Å². The van der Waals surface area contributed by atoms with Gasteiger partial charge in [-0.15, -0.1) is 21.5 Å². The molecule has 0 saturated carbocycles. The van der Waals surface area contributed by atoms with E-state index in [1.54, 1.807) is 54.6 Å². The van der Waals surface area contributed by atoms with Crippen LogP contribution in [0, 0.1) is 0 Å². The third kappa shape index (κ3) is 4.42. The van der Waals surface area contributed by atoms with Crippen molar-refractivity contribution in [1.29, 1.82) is 0 Å². The molecule has 3 rings (SSSR count). The Morgan fingerprint density at radius 2 is 1.62 bits per heavy atom. The van der Waals surface area contributed by atoms with Gasteiger partial charge in [0.1, 0.15) is 10.0 Å². The monoisotopic (exact) mass is 386 g/mol. The van der Waals surface area contributed by atoms with E-state index in [0.29, 0.717) is 21.0 Å². The number of aromatic nitrogens is 2. The number of carbonyl (C=O) groups is 1. The molecule has 0 fully saturated rings. The molecule has 0 unspecified atom stereocenters. The number of carbonyl (C=O) groups excluding carboxylic acids is 1. The molecule has 0 aliphatic rings. The lowest BCUT2D eigenvalue weighted by Gasteiger charge is -2.05.